The summed E-state index contributed by atoms with van der Waals surface area (Å²) < 4.78 is 13.7. The number of terminal acetylenes is 1. The van der Waals surface area contributed by atoms with Crippen molar-refractivity contribution >= 4 is 11.8 Å². The van der Waals surface area contributed by atoms with Crippen LogP contribution in [0.4, 0.5) is 4.39 Å². The second-order valence-electron chi connectivity index (χ2n) is 4.76. The van der Waals surface area contributed by atoms with Crippen molar-refractivity contribution in [1.29, 1.82) is 0 Å². The lowest BCUT2D eigenvalue weighted by atomic mass is 9.98. The number of fused-ring (bicyclic) bond motifs is 1. The molecule has 0 aliphatic carbocycles. The average Bonchev–Trinajstić information content (AvgIpc) is 2.30. The van der Waals surface area contributed by atoms with Crippen LogP contribution in [0, 0.1) is 18.2 Å². The molecule has 1 aliphatic rings. The number of rotatable bonds is 2. The molecule has 1 aliphatic heterocycles. The summed E-state index contributed by atoms with van der Waals surface area (Å²) in [6.07, 6.45) is 6.46. The van der Waals surface area contributed by atoms with Gasteiger partial charge in [0.05, 0.1) is 5.54 Å². The van der Waals surface area contributed by atoms with Crippen molar-refractivity contribution in [2.45, 2.75) is 36.7 Å². The third-order valence-corrected chi connectivity index (χ3v) is 4.08. The molecule has 1 aromatic carbocycles. The van der Waals surface area contributed by atoms with Gasteiger partial charge in [-0.2, -0.15) is 0 Å². The molecule has 1 aromatic rings. The summed E-state index contributed by atoms with van der Waals surface area (Å²) in [5.41, 5.74) is 0.667. The van der Waals surface area contributed by atoms with Crippen LogP contribution >= 0.6 is 11.8 Å². The molecule has 0 aromatic heterocycles. The molecule has 3 heteroatoms. The maximum absolute atomic E-state index is 13.7. The fourth-order valence-corrected chi connectivity index (χ4v) is 3.15. The zero-order valence-electron chi connectivity index (χ0n) is 10.1. The maximum Gasteiger partial charge on any atom is 0.137 e. The van der Waals surface area contributed by atoms with E-state index in [0.29, 0.717) is 0 Å². The number of halogens is 1. The molecular formula is C14H16FNS. The summed E-state index contributed by atoms with van der Waals surface area (Å²) in [4.78, 5) is 0.768. The Morgan fingerprint density at radius 2 is 2.29 bits per heavy atom. The fraction of sp³-hybridized carbons (Fsp3) is 0.429. The first-order valence-corrected chi connectivity index (χ1v) is 6.69. The summed E-state index contributed by atoms with van der Waals surface area (Å²) in [5, 5.41) is 3.41. The van der Waals surface area contributed by atoms with Crippen LogP contribution in [0.5, 0.6) is 0 Å². The predicted octanol–water partition coefficient (Wildman–Crippen LogP) is 3.36. The van der Waals surface area contributed by atoms with E-state index < -0.39 is 0 Å². The van der Waals surface area contributed by atoms with Gasteiger partial charge in [-0.05, 0) is 37.7 Å². The van der Waals surface area contributed by atoms with E-state index in [-0.39, 0.29) is 17.4 Å². The van der Waals surface area contributed by atoms with Crippen LogP contribution in [-0.4, -0.2) is 11.3 Å². The van der Waals surface area contributed by atoms with Crippen LogP contribution in [0.25, 0.3) is 0 Å². The van der Waals surface area contributed by atoms with E-state index in [1.807, 2.05) is 19.9 Å². The Bertz CT molecular complexity index is 462. The van der Waals surface area contributed by atoms with E-state index in [0.717, 1.165) is 22.6 Å². The van der Waals surface area contributed by atoms with Gasteiger partial charge in [-0.1, -0.05) is 18.1 Å². The third kappa shape index (κ3) is 2.65. The van der Waals surface area contributed by atoms with Crippen LogP contribution < -0.4 is 5.32 Å². The molecule has 1 N–H and O–H groups in total. The minimum Gasteiger partial charge on any atom is -0.295 e. The largest absolute Gasteiger partial charge is 0.295 e. The molecule has 1 heterocycles. The summed E-state index contributed by atoms with van der Waals surface area (Å²) >= 11 is 1.59. The van der Waals surface area contributed by atoms with Gasteiger partial charge < -0.3 is 0 Å². The number of hydrogen-bond acceptors (Lipinski definition) is 2. The first kappa shape index (κ1) is 12.5. The molecule has 0 fully saturated rings. The van der Waals surface area contributed by atoms with E-state index in [1.54, 1.807) is 17.8 Å². The summed E-state index contributed by atoms with van der Waals surface area (Å²) in [6.45, 7) is 3.93. The SMILES string of the molecule is C#CC(C)(C)NC1CCSc2c(F)cccc21. The second-order valence-corrected chi connectivity index (χ2v) is 5.87. The summed E-state index contributed by atoms with van der Waals surface area (Å²) in [5.74, 6) is 3.52. The van der Waals surface area contributed by atoms with Crippen molar-refractivity contribution in [2.75, 3.05) is 5.75 Å². The van der Waals surface area contributed by atoms with E-state index in [9.17, 15) is 4.39 Å². The molecule has 1 nitrogen and oxygen atoms in total. The van der Waals surface area contributed by atoms with Crippen LogP contribution in [-0.2, 0) is 0 Å². The Morgan fingerprint density at radius 1 is 1.53 bits per heavy atom. The Kier molecular flexibility index (Phi) is 3.46. The van der Waals surface area contributed by atoms with Gasteiger partial charge in [0, 0.05) is 10.9 Å². The summed E-state index contributed by atoms with van der Waals surface area (Å²) in [6, 6.07) is 5.40. The van der Waals surface area contributed by atoms with Crippen LogP contribution in [0.1, 0.15) is 31.9 Å². The first-order valence-electron chi connectivity index (χ1n) is 5.70. The Hall–Kier alpha value is -0.980. The van der Waals surface area contributed by atoms with Crippen molar-refractivity contribution in [3.63, 3.8) is 0 Å². The molecular weight excluding hydrogens is 233 g/mol. The van der Waals surface area contributed by atoms with Crippen molar-refractivity contribution in [2.24, 2.45) is 0 Å². The van der Waals surface area contributed by atoms with Gasteiger partial charge in [0.2, 0.25) is 0 Å². The molecule has 0 bridgehead atoms. The molecule has 1 atom stereocenters. The van der Waals surface area contributed by atoms with Crippen LogP contribution in [0.2, 0.25) is 0 Å². The van der Waals surface area contributed by atoms with Gasteiger partial charge in [0.25, 0.3) is 0 Å². The molecule has 0 spiro atoms. The first-order chi connectivity index (χ1) is 8.03. The molecule has 0 amide bonds. The van der Waals surface area contributed by atoms with Crippen LogP contribution in [0.15, 0.2) is 23.1 Å². The standard InChI is InChI=1S/C14H16FNS/c1-4-14(2,3)16-12-8-9-17-13-10(12)6-5-7-11(13)15/h1,5-7,12,16H,8-9H2,2-3H3. The minimum atomic E-state index is -0.365. The highest BCUT2D eigenvalue weighted by Crippen LogP contribution is 2.38. The fourth-order valence-electron chi connectivity index (χ4n) is 2.01. The van der Waals surface area contributed by atoms with E-state index >= 15 is 0 Å². The third-order valence-electron chi connectivity index (χ3n) is 2.92. The Balaban J connectivity index is 2.30. The van der Waals surface area contributed by atoms with Gasteiger partial charge in [-0.15, -0.1) is 18.2 Å². The van der Waals surface area contributed by atoms with Gasteiger partial charge in [-0.3, -0.25) is 5.32 Å². The van der Waals surface area contributed by atoms with E-state index in [1.165, 1.54) is 6.07 Å². The van der Waals surface area contributed by atoms with Crippen molar-refractivity contribution in [3.8, 4) is 12.3 Å². The lowest BCUT2D eigenvalue weighted by Gasteiger charge is -2.32. The molecule has 17 heavy (non-hydrogen) atoms. The number of thioether (sulfide) groups is 1. The number of benzene rings is 1. The molecule has 0 saturated heterocycles. The van der Waals surface area contributed by atoms with Crippen molar-refractivity contribution < 1.29 is 4.39 Å². The summed E-state index contributed by atoms with van der Waals surface area (Å²) in [7, 11) is 0. The van der Waals surface area contributed by atoms with E-state index in [4.69, 9.17) is 6.42 Å². The zero-order valence-corrected chi connectivity index (χ0v) is 10.9. The molecule has 2 rings (SSSR count). The van der Waals surface area contributed by atoms with Crippen molar-refractivity contribution in [1.82, 2.24) is 5.32 Å². The highest BCUT2D eigenvalue weighted by molar-refractivity contribution is 7.99. The highest BCUT2D eigenvalue weighted by Gasteiger charge is 2.27. The molecule has 0 radical (unpaired) electrons. The second kappa shape index (κ2) is 4.72. The minimum absolute atomic E-state index is 0.127. The van der Waals surface area contributed by atoms with Crippen LogP contribution in [0.3, 0.4) is 0 Å². The number of hydrogen-bond donors (Lipinski definition) is 1. The maximum atomic E-state index is 13.7. The molecule has 1 unspecified atom stereocenters. The number of nitrogens with one attached hydrogen (secondary N) is 1. The smallest absolute Gasteiger partial charge is 0.137 e. The quantitative estimate of drug-likeness (QED) is 0.807. The monoisotopic (exact) mass is 249 g/mol. The Morgan fingerprint density at radius 3 is 3.00 bits per heavy atom. The zero-order chi connectivity index (χ0) is 12.5. The van der Waals surface area contributed by atoms with Crippen molar-refractivity contribution in [3.05, 3.63) is 29.6 Å². The molecule has 0 saturated carbocycles. The average molecular weight is 249 g/mol. The van der Waals surface area contributed by atoms with Gasteiger partial charge in [0.1, 0.15) is 5.82 Å². The Labute approximate surface area is 106 Å². The molecule has 90 valence electrons. The lowest BCUT2D eigenvalue weighted by Crippen LogP contribution is -2.41. The highest BCUT2D eigenvalue weighted by atomic mass is 32.2. The van der Waals surface area contributed by atoms with Gasteiger partial charge >= 0.3 is 0 Å². The van der Waals surface area contributed by atoms with Gasteiger partial charge in [0.15, 0.2) is 0 Å². The van der Waals surface area contributed by atoms with E-state index in [2.05, 4.69) is 11.2 Å². The van der Waals surface area contributed by atoms with Gasteiger partial charge in [-0.25, -0.2) is 4.39 Å². The lowest BCUT2D eigenvalue weighted by molar-refractivity contribution is 0.395. The topological polar surface area (TPSA) is 12.0 Å². The normalized spacial score (nSPS) is 19.5. The predicted molar refractivity (Wildman–Crippen MR) is 70.5 cm³/mol.